The van der Waals surface area contributed by atoms with Gasteiger partial charge in [-0.1, -0.05) is 5.16 Å². The molecule has 0 saturated carbocycles. The van der Waals surface area contributed by atoms with E-state index in [0.717, 1.165) is 17.9 Å². The van der Waals surface area contributed by atoms with Crippen molar-refractivity contribution in [2.75, 3.05) is 11.5 Å². The van der Waals surface area contributed by atoms with Crippen molar-refractivity contribution in [3.05, 3.63) is 0 Å². The van der Waals surface area contributed by atoms with Crippen LogP contribution in [0.4, 0.5) is 0 Å². The molecule has 3 heteroatoms. The van der Waals surface area contributed by atoms with Crippen LogP contribution in [0.1, 0.15) is 12.8 Å². The molecule has 0 radical (unpaired) electrons. The number of rotatable bonds is 0. The zero-order valence-electron chi connectivity index (χ0n) is 4.63. The van der Waals surface area contributed by atoms with Gasteiger partial charge in [-0.15, -0.1) is 0 Å². The Morgan fingerprint density at radius 3 is 2.88 bits per heavy atom. The maximum atomic E-state index is 8.27. The van der Waals surface area contributed by atoms with Gasteiger partial charge in [-0.05, 0) is 18.6 Å². The van der Waals surface area contributed by atoms with Gasteiger partial charge < -0.3 is 5.21 Å². The molecule has 1 saturated heterocycles. The molecule has 0 aromatic heterocycles. The van der Waals surface area contributed by atoms with E-state index in [-0.39, 0.29) is 0 Å². The van der Waals surface area contributed by atoms with Gasteiger partial charge in [-0.3, -0.25) is 0 Å². The van der Waals surface area contributed by atoms with E-state index in [9.17, 15) is 0 Å². The second-order valence-electron chi connectivity index (χ2n) is 1.82. The van der Waals surface area contributed by atoms with Gasteiger partial charge in [0.15, 0.2) is 0 Å². The zero-order chi connectivity index (χ0) is 5.82. The monoisotopic (exact) mass is 131 g/mol. The van der Waals surface area contributed by atoms with Crippen LogP contribution in [0.15, 0.2) is 5.16 Å². The topological polar surface area (TPSA) is 32.6 Å². The average molecular weight is 131 g/mol. The van der Waals surface area contributed by atoms with Crippen LogP contribution in [-0.4, -0.2) is 22.4 Å². The van der Waals surface area contributed by atoms with Gasteiger partial charge >= 0.3 is 0 Å². The highest BCUT2D eigenvalue weighted by Crippen LogP contribution is 2.13. The summed E-state index contributed by atoms with van der Waals surface area (Å²) in [6.45, 7) is 0. The smallest absolute Gasteiger partial charge is 0.0669 e. The van der Waals surface area contributed by atoms with Crippen molar-refractivity contribution in [2.24, 2.45) is 5.16 Å². The number of hydrogen-bond donors (Lipinski definition) is 1. The van der Waals surface area contributed by atoms with Crippen molar-refractivity contribution in [1.82, 2.24) is 0 Å². The number of oxime groups is 1. The lowest BCUT2D eigenvalue weighted by Gasteiger charge is -2.08. The predicted molar refractivity (Wildman–Crippen MR) is 35.8 cm³/mol. The Morgan fingerprint density at radius 2 is 2.50 bits per heavy atom. The van der Waals surface area contributed by atoms with Crippen LogP contribution >= 0.6 is 11.8 Å². The zero-order valence-corrected chi connectivity index (χ0v) is 5.45. The van der Waals surface area contributed by atoms with E-state index in [1.54, 1.807) is 0 Å². The number of hydrogen-bond acceptors (Lipinski definition) is 3. The van der Waals surface area contributed by atoms with Crippen LogP contribution in [0.5, 0.6) is 0 Å². The SMILES string of the molecule is O/N=C1\CCCSC1. The van der Waals surface area contributed by atoms with Gasteiger partial charge in [0.2, 0.25) is 0 Å². The summed E-state index contributed by atoms with van der Waals surface area (Å²) < 4.78 is 0. The molecule has 1 aliphatic heterocycles. The Balaban J connectivity index is 2.33. The molecule has 1 N–H and O–H groups in total. The quantitative estimate of drug-likeness (QED) is 0.397. The molecule has 0 aromatic rings. The molecule has 0 bridgehead atoms. The lowest BCUT2D eigenvalue weighted by molar-refractivity contribution is 0.317. The third kappa shape index (κ3) is 1.40. The van der Waals surface area contributed by atoms with E-state index < -0.39 is 0 Å². The molecule has 0 unspecified atom stereocenters. The first-order valence-electron chi connectivity index (χ1n) is 2.71. The van der Waals surface area contributed by atoms with Gasteiger partial charge in [0.1, 0.15) is 0 Å². The lowest BCUT2D eigenvalue weighted by Crippen LogP contribution is -2.08. The first-order valence-corrected chi connectivity index (χ1v) is 3.86. The summed E-state index contributed by atoms with van der Waals surface area (Å²) in [5.41, 5.74) is 0.946. The summed E-state index contributed by atoms with van der Waals surface area (Å²) in [4.78, 5) is 0. The fraction of sp³-hybridized carbons (Fsp3) is 0.800. The van der Waals surface area contributed by atoms with Gasteiger partial charge in [0.05, 0.1) is 5.71 Å². The van der Waals surface area contributed by atoms with E-state index >= 15 is 0 Å². The van der Waals surface area contributed by atoms with Crippen LogP contribution in [0, 0.1) is 0 Å². The van der Waals surface area contributed by atoms with Crippen LogP contribution < -0.4 is 0 Å². The van der Waals surface area contributed by atoms with E-state index in [0.29, 0.717) is 0 Å². The molecule has 2 nitrogen and oxygen atoms in total. The number of nitrogens with zero attached hydrogens (tertiary/aromatic N) is 1. The molecular weight excluding hydrogens is 122 g/mol. The molecule has 8 heavy (non-hydrogen) atoms. The molecule has 1 heterocycles. The summed E-state index contributed by atoms with van der Waals surface area (Å²) in [5.74, 6) is 2.15. The van der Waals surface area contributed by atoms with Crippen LogP contribution in [-0.2, 0) is 0 Å². The van der Waals surface area contributed by atoms with Crippen molar-refractivity contribution >= 4 is 17.5 Å². The Kier molecular flexibility index (Phi) is 2.21. The molecule has 0 aromatic carbocycles. The third-order valence-electron chi connectivity index (χ3n) is 1.16. The molecule has 0 amide bonds. The van der Waals surface area contributed by atoms with Crippen molar-refractivity contribution in [2.45, 2.75) is 12.8 Å². The normalized spacial score (nSPS) is 26.2. The standard InChI is InChI=1S/C5H9NOS/c7-6-5-2-1-3-8-4-5/h7H,1-4H2/b6-5+. The molecular formula is C5H9NOS. The van der Waals surface area contributed by atoms with Crippen LogP contribution in [0.25, 0.3) is 0 Å². The molecule has 0 atom stereocenters. The minimum atomic E-state index is 0.927. The second-order valence-corrected chi connectivity index (χ2v) is 2.93. The maximum Gasteiger partial charge on any atom is 0.0669 e. The summed E-state index contributed by atoms with van der Waals surface area (Å²) >= 11 is 1.84. The summed E-state index contributed by atoms with van der Waals surface area (Å²) in [6, 6.07) is 0. The van der Waals surface area contributed by atoms with Gasteiger partial charge in [-0.25, -0.2) is 0 Å². The minimum absolute atomic E-state index is 0.927. The largest absolute Gasteiger partial charge is 0.411 e. The van der Waals surface area contributed by atoms with Crippen molar-refractivity contribution in [3.8, 4) is 0 Å². The van der Waals surface area contributed by atoms with E-state index in [4.69, 9.17) is 5.21 Å². The molecule has 46 valence electrons. The Hall–Kier alpha value is -0.180. The van der Waals surface area contributed by atoms with E-state index in [2.05, 4.69) is 5.16 Å². The Morgan fingerprint density at radius 1 is 1.62 bits per heavy atom. The first-order chi connectivity index (χ1) is 3.93. The van der Waals surface area contributed by atoms with Crippen LogP contribution in [0.2, 0.25) is 0 Å². The fourth-order valence-electron chi connectivity index (χ4n) is 0.719. The second kappa shape index (κ2) is 2.97. The molecule has 0 spiro atoms. The highest BCUT2D eigenvalue weighted by atomic mass is 32.2. The van der Waals surface area contributed by atoms with Crippen molar-refractivity contribution in [1.29, 1.82) is 0 Å². The lowest BCUT2D eigenvalue weighted by atomic mass is 10.2. The van der Waals surface area contributed by atoms with Gasteiger partial charge in [-0.2, -0.15) is 11.8 Å². The Bertz CT molecular complexity index is 94.6. The third-order valence-corrected chi connectivity index (χ3v) is 2.28. The average Bonchev–Trinajstić information content (AvgIpc) is 1.90. The van der Waals surface area contributed by atoms with Gasteiger partial charge in [0, 0.05) is 5.75 Å². The minimum Gasteiger partial charge on any atom is -0.411 e. The summed E-state index contributed by atoms with van der Waals surface area (Å²) in [6.07, 6.45) is 2.16. The van der Waals surface area contributed by atoms with Crippen molar-refractivity contribution < 1.29 is 5.21 Å². The maximum absolute atomic E-state index is 8.27. The molecule has 1 aliphatic rings. The summed E-state index contributed by atoms with van der Waals surface area (Å²) in [5, 5.41) is 11.4. The van der Waals surface area contributed by atoms with E-state index in [1.165, 1.54) is 12.2 Å². The molecule has 1 rings (SSSR count). The number of thioether (sulfide) groups is 1. The van der Waals surface area contributed by atoms with Crippen LogP contribution in [0.3, 0.4) is 0 Å². The Labute approximate surface area is 53.0 Å². The molecule has 1 fully saturated rings. The predicted octanol–water partition coefficient (Wildman–Crippen LogP) is 1.34. The highest BCUT2D eigenvalue weighted by molar-refractivity contribution is 8.00. The fourth-order valence-corrected chi connectivity index (χ4v) is 1.65. The molecule has 0 aliphatic carbocycles. The van der Waals surface area contributed by atoms with Gasteiger partial charge in [0.25, 0.3) is 0 Å². The van der Waals surface area contributed by atoms with E-state index in [1.807, 2.05) is 11.8 Å². The van der Waals surface area contributed by atoms with Crippen molar-refractivity contribution in [3.63, 3.8) is 0 Å². The summed E-state index contributed by atoms with van der Waals surface area (Å²) in [7, 11) is 0. The highest BCUT2D eigenvalue weighted by Gasteiger charge is 2.05. The first kappa shape index (κ1) is 5.95.